The summed E-state index contributed by atoms with van der Waals surface area (Å²) < 4.78 is 5.08. The predicted octanol–water partition coefficient (Wildman–Crippen LogP) is 2.47. The van der Waals surface area contributed by atoms with Crippen LogP contribution >= 0.6 is 11.6 Å². The van der Waals surface area contributed by atoms with Gasteiger partial charge < -0.3 is 14.7 Å². The Morgan fingerprint density at radius 2 is 2.17 bits per heavy atom. The molecule has 0 bridgehead atoms. The lowest BCUT2D eigenvalue weighted by atomic mass is 9.95. The first-order chi connectivity index (χ1) is 8.43. The van der Waals surface area contributed by atoms with Crippen LogP contribution in [0.4, 0.5) is 0 Å². The lowest BCUT2D eigenvalue weighted by Gasteiger charge is -2.20. The smallest absolute Gasteiger partial charge is 0.304 e. The van der Waals surface area contributed by atoms with Gasteiger partial charge in [-0.2, -0.15) is 0 Å². The third-order valence-electron chi connectivity index (χ3n) is 2.65. The van der Waals surface area contributed by atoms with Crippen molar-refractivity contribution in [2.24, 2.45) is 0 Å². The van der Waals surface area contributed by atoms with Gasteiger partial charge in [-0.15, -0.1) is 0 Å². The minimum Gasteiger partial charge on any atom is -0.495 e. The van der Waals surface area contributed by atoms with Crippen LogP contribution in [-0.2, 0) is 4.79 Å². The third kappa shape index (κ3) is 4.20. The van der Waals surface area contributed by atoms with Crippen LogP contribution in [0.3, 0.4) is 0 Å². The number of carboxylic acid groups (broad SMARTS) is 1. The Balaban J connectivity index is 2.97. The molecule has 0 heterocycles. The molecule has 5 heteroatoms. The van der Waals surface area contributed by atoms with Gasteiger partial charge in [-0.25, -0.2) is 0 Å². The molecule has 0 fully saturated rings. The van der Waals surface area contributed by atoms with Crippen LogP contribution in [0.1, 0.15) is 17.9 Å². The molecule has 100 valence electrons. The second kappa shape index (κ2) is 6.61. The molecule has 1 N–H and O–H groups in total. The first-order valence-electron chi connectivity index (χ1n) is 5.64. The van der Waals surface area contributed by atoms with Crippen molar-refractivity contribution >= 4 is 17.6 Å². The fourth-order valence-corrected chi connectivity index (χ4v) is 2.14. The maximum absolute atomic E-state index is 10.9. The second-order valence-electron chi connectivity index (χ2n) is 4.45. The van der Waals surface area contributed by atoms with Gasteiger partial charge in [0.15, 0.2) is 0 Å². The van der Waals surface area contributed by atoms with Crippen molar-refractivity contribution in [1.29, 1.82) is 0 Å². The summed E-state index contributed by atoms with van der Waals surface area (Å²) in [6.45, 7) is 0.662. The number of aliphatic carboxylic acids is 1. The van der Waals surface area contributed by atoms with Gasteiger partial charge in [0.2, 0.25) is 0 Å². The molecule has 0 amide bonds. The molecule has 0 radical (unpaired) electrons. The molecule has 0 spiro atoms. The van der Waals surface area contributed by atoms with Gasteiger partial charge in [0.05, 0.1) is 18.6 Å². The summed E-state index contributed by atoms with van der Waals surface area (Å²) in [5, 5.41) is 9.46. The molecular weight excluding hydrogens is 254 g/mol. The largest absolute Gasteiger partial charge is 0.495 e. The molecule has 0 saturated carbocycles. The van der Waals surface area contributed by atoms with Gasteiger partial charge in [-0.1, -0.05) is 17.7 Å². The standard InChI is InChI=1S/C13H18ClNO3/c1-15(2)8-10(7-13(16)17)9-4-5-12(18-3)11(14)6-9/h4-6,10H,7-8H2,1-3H3,(H,16,17). The molecular formula is C13H18ClNO3. The van der Waals surface area contributed by atoms with Crippen LogP contribution in [0, 0.1) is 0 Å². The molecule has 1 rings (SSSR count). The fourth-order valence-electron chi connectivity index (χ4n) is 1.88. The highest BCUT2D eigenvalue weighted by Crippen LogP contribution is 2.30. The quantitative estimate of drug-likeness (QED) is 0.864. The lowest BCUT2D eigenvalue weighted by molar-refractivity contribution is -0.137. The number of carboxylic acids is 1. The van der Waals surface area contributed by atoms with E-state index >= 15 is 0 Å². The predicted molar refractivity (Wildman–Crippen MR) is 71.6 cm³/mol. The van der Waals surface area contributed by atoms with Gasteiger partial charge in [-0.05, 0) is 31.8 Å². The molecule has 1 atom stereocenters. The first-order valence-corrected chi connectivity index (χ1v) is 6.01. The second-order valence-corrected chi connectivity index (χ2v) is 4.86. The SMILES string of the molecule is COc1ccc(C(CC(=O)O)CN(C)C)cc1Cl. The van der Waals surface area contributed by atoms with E-state index in [1.54, 1.807) is 19.2 Å². The summed E-state index contributed by atoms with van der Waals surface area (Å²) in [5.74, 6) is -0.297. The van der Waals surface area contributed by atoms with Crippen LogP contribution in [-0.4, -0.2) is 43.7 Å². The molecule has 0 aliphatic carbocycles. The van der Waals surface area contributed by atoms with Gasteiger partial charge >= 0.3 is 5.97 Å². The van der Waals surface area contributed by atoms with E-state index in [1.165, 1.54) is 0 Å². The summed E-state index contributed by atoms with van der Waals surface area (Å²) in [7, 11) is 5.38. The van der Waals surface area contributed by atoms with Crippen molar-refractivity contribution in [3.8, 4) is 5.75 Å². The number of likely N-dealkylation sites (N-methyl/N-ethyl adjacent to an activating group) is 1. The Bertz CT molecular complexity index is 421. The Hall–Kier alpha value is -1.26. The highest BCUT2D eigenvalue weighted by molar-refractivity contribution is 6.32. The molecule has 4 nitrogen and oxygen atoms in total. The van der Waals surface area contributed by atoms with E-state index in [0.717, 1.165) is 5.56 Å². The summed E-state index contributed by atoms with van der Waals surface area (Å²) in [4.78, 5) is 12.9. The van der Waals surface area contributed by atoms with Crippen molar-refractivity contribution in [2.45, 2.75) is 12.3 Å². The van der Waals surface area contributed by atoms with E-state index in [1.807, 2.05) is 25.1 Å². The monoisotopic (exact) mass is 271 g/mol. The fraction of sp³-hybridized carbons (Fsp3) is 0.462. The maximum atomic E-state index is 10.9. The van der Waals surface area contributed by atoms with Crippen LogP contribution in [0.15, 0.2) is 18.2 Å². The minimum absolute atomic E-state index is 0.0825. The highest BCUT2D eigenvalue weighted by atomic mass is 35.5. The van der Waals surface area contributed by atoms with Crippen LogP contribution in [0.5, 0.6) is 5.75 Å². The van der Waals surface area contributed by atoms with Crippen molar-refractivity contribution in [1.82, 2.24) is 4.90 Å². The van der Waals surface area contributed by atoms with Gasteiger partial charge in [0.1, 0.15) is 5.75 Å². The average molecular weight is 272 g/mol. The normalized spacial score (nSPS) is 12.5. The molecule has 0 aromatic heterocycles. The van der Waals surface area contributed by atoms with Crippen molar-refractivity contribution in [3.05, 3.63) is 28.8 Å². The molecule has 0 aliphatic rings. The van der Waals surface area contributed by atoms with E-state index in [9.17, 15) is 4.79 Å². The molecule has 1 aromatic rings. The Kier molecular flexibility index (Phi) is 5.44. The van der Waals surface area contributed by atoms with E-state index in [4.69, 9.17) is 21.4 Å². The summed E-state index contributed by atoms with van der Waals surface area (Å²) in [6, 6.07) is 5.40. The Morgan fingerprint density at radius 3 is 2.61 bits per heavy atom. The lowest BCUT2D eigenvalue weighted by Crippen LogP contribution is -2.22. The van der Waals surface area contributed by atoms with E-state index in [2.05, 4.69) is 0 Å². The Morgan fingerprint density at radius 1 is 1.50 bits per heavy atom. The molecule has 1 aromatic carbocycles. The Labute approximate surface area is 112 Å². The van der Waals surface area contributed by atoms with Crippen molar-refractivity contribution < 1.29 is 14.6 Å². The number of benzene rings is 1. The van der Waals surface area contributed by atoms with E-state index in [-0.39, 0.29) is 12.3 Å². The minimum atomic E-state index is -0.811. The molecule has 18 heavy (non-hydrogen) atoms. The third-order valence-corrected chi connectivity index (χ3v) is 2.95. The molecule has 0 aliphatic heterocycles. The summed E-state index contributed by atoms with van der Waals surface area (Å²) in [5.41, 5.74) is 0.914. The zero-order valence-electron chi connectivity index (χ0n) is 10.8. The number of halogens is 1. The van der Waals surface area contributed by atoms with Gasteiger partial charge in [0.25, 0.3) is 0 Å². The van der Waals surface area contributed by atoms with E-state index in [0.29, 0.717) is 17.3 Å². The first kappa shape index (κ1) is 14.8. The highest BCUT2D eigenvalue weighted by Gasteiger charge is 2.17. The van der Waals surface area contributed by atoms with Crippen LogP contribution in [0.2, 0.25) is 5.02 Å². The number of methoxy groups -OCH3 is 1. The van der Waals surface area contributed by atoms with Crippen LogP contribution < -0.4 is 4.74 Å². The zero-order chi connectivity index (χ0) is 13.7. The molecule has 0 saturated heterocycles. The van der Waals surface area contributed by atoms with Gasteiger partial charge in [0, 0.05) is 12.5 Å². The zero-order valence-corrected chi connectivity index (χ0v) is 11.6. The van der Waals surface area contributed by atoms with E-state index < -0.39 is 5.97 Å². The van der Waals surface area contributed by atoms with Crippen molar-refractivity contribution in [3.63, 3.8) is 0 Å². The number of carbonyl (C=O) groups is 1. The average Bonchev–Trinajstić information content (AvgIpc) is 2.26. The number of nitrogens with zero attached hydrogens (tertiary/aromatic N) is 1. The van der Waals surface area contributed by atoms with Gasteiger partial charge in [-0.3, -0.25) is 4.79 Å². The topological polar surface area (TPSA) is 49.8 Å². The number of ether oxygens (including phenoxy) is 1. The number of rotatable bonds is 6. The number of hydrogen-bond donors (Lipinski definition) is 1. The molecule has 1 unspecified atom stereocenters. The van der Waals surface area contributed by atoms with Crippen molar-refractivity contribution in [2.75, 3.05) is 27.7 Å². The number of hydrogen-bond acceptors (Lipinski definition) is 3. The van der Waals surface area contributed by atoms with Crippen LogP contribution in [0.25, 0.3) is 0 Å². The summed E-state index contributed by atoms with van der Waals surface area (Å²) >= 11 is 6.06. The summed E-state index contributed by atoms with van der Waals surface area (Å²) in [6.07, 6.45) is 0.0842. The maximum Gasteiger partial charge on any atom is 0.304 e.